The van der Waals surface area contributed by atoms with E-state index in [4.69, 9.17) is 9.84 Å². The van der Waals surface area contributed by atoms with Crippen LogP contribution in [0, 0.1) is 0 Å². The van der Waals surface area contributed by atoms with E-state index in [1.165, 1.54) is 6.08 Å². The van der Waals surface area contributed by atoms with Gasteiger partial charge >= 0.3 is 12.1 Å². The molecule has 0 aromatic heterocycles. The van der Waals surface area contributed by atoms with Gasteiger partial charge in [0.2, 0.25) is 0 Å². The molecule has 7 heteroatoms. The Morgan fingerprint density at radius 3 is 2.47 bits per heavy atom. The molecule has 0 aliphatic carbocycles. The van der Waals surface area contributed by atoms with Gasteiger partial charge in [-0.1, -0.05) is 6.08 Å². The van der Waals surface area contributed by atoms with Gasteiger partial charge in [0.1, 0.15) is 0 Å². The van der Waals surface area contributed by atoms with Crippen LogP contribution in [0.4, 0.5) is 13.2 Å². The van der Waals surface area contributed by atoms with Gasteiger partial charge in [-0.2, -0.15) is 13.2 Å². The first-order valence-electron chi connectivity index (χ1n) is 3.99. The summed E-state index contributed by atoms with van der Waals surface area (Å²) in [5.41, 5.74) is 0. The van der Waals surface area contributed by atoms with Gasteiger partial charge in [0, 0.05) is 0 Å². The topological polar surface area (TPSA) is 55.8 Å². The van der Waals surface area contributed by atoms with Crippen LogP contribution in [0.2, 0.25) is 0 Å². The highest BCUT2D eigenvalue weighted by Gasteiger charge is 2.46. The third kappa shape index (κ3) is 6.08. The first-order chi connectivity index (χ1) is 6.89. The van der Waals surface area contributed by atoms with Crippen molar-refractivity contribution in [2.24, 2.45) is 0 Å². The Morgan fingerprint density at radius 2 is 2.07 bits per heavy atom. The zero-order chi connectivity index (χ0) is 11.9. The van der Waals surface area contributed by atoms with E-state index in [9.17, 15) is 18.0 Å². The minimum absolute atomic E-state index is 0.119. The molecule has 0 bridgehead atoms. The summed E-state index contributed by atoms with van der Waals surface area (Å²) >= 11 is 0. The number of alkyl halides is 3. The largest absolute Gasteiger partial charge is 0.479 e. The van der Waals surface area contributed by atoms with Gasteiger partial charge in [-0.05, 0) is 0 Å². The van der Waals surface area contributed by atoms with Crippen molar-refractivity contribution in [2.45, 2.75) is 12.3 Å². The molecule has 0 heterocycles. The van der Waals surface area contributed by atoms with E-state index >= 15 is 0 Å². The first kappa shape index (κ1) is 13.9. The molecule has 0 spiro atoms. The second kappa shape index (κ2) is 6.41. The molecule has 0 aromatic carbocycles. The number of ether oxygens (including phenoxy) is 2. The summed E-state index contributed by atoms with van der Waals surface area (Å²) in [4.78, 5) is 10.2. The molecule has 1 unspecified atom stereocenters. The van der Waals surface area contributed by atoms with Crippen molar-refractivity contribution < 1.29 is 32.5 Å². The molecule has 0 aromatic rings. The molecule has 0 saturated heterocycles. The number of hydrogen-bond acceptors (Lipinski definition) is 3. The third-order valence-electron chi connectivity index (χ3n) is 1.27. The molecule has 15 heavy (non-hydrogen) atoms. The summed E-state index contributed by atoms with van der Waals surface area (Å²) < 4.78 is 44.8. The lowest BCUT2D eigenvalue weighted by Crippen LogP contribution is -2.39. The standard InChI is InChI=1S/C8H11F3O4/c1-2-3-14-4-5-15-6(7(12)13)8(9,10)11/h2,6H,1,3-5H2,(H,12,13). The minimum atomic E-state index is -4.91. The highest BCUT2D eigenvalue weighted by Crippen LogP contribution is 2.22. The molecule has 1 atom stereocenters. The molecule has 0 rings (SSSR count). The molecule has 88 valence electrons. The van der Waals surface area contributed by atoms with Crippen LogP contribution in [0.5, 0.6) is 0 Å². The van der Waals surface area contributed by atoms with E-state index in [1.54, 1.807) is 0 Å². The van der Waals surface area contributed by atoms with Gasteiger partial charge in [-0.15, -0.1) is 6.58 Å². The normalized spacial score (nSPS) is 13.5. The maximum Gasteiger partial charge on any atom is 0.425 e. The third-order valence-corrected chi connectivity index (χ3v) is 1.27. The van der Waals surface area contributed by atoms with Gasteiger partial charge in [0.05, 0.1) is 19.8 Å². The highest BCUT2D eigenvalue weighted by atomic mass is 19.4. The van der Waals surface area contributed by atoms with E-state index in [1.807, 2.05) is 0 Å². The lowest BCUT2D eigenvalue weighted by Gasteiger charge is -2.16. The number of hydrogen-bond donors (Lipinski definition) is 1. The first-order valence-corrected chi connectivity index (χ1v) is 3.99. The summed E-state index contributed by atoms with van der Waals surface area (Å²) in [6, 6.07) is 0. The van der Waals surface area contributed by atoms with Crippen LogP contribution in [0.3, 0.4) is 0 Å². The van der Waals surface area contributed by atoms with Crippen molar-refractivity contribution in [3.05, 3.63) is 12.7 Å². The fraction of sp³-hybridized carbons (Fsp3) is 0.625. The highest BCUT2D eigenvalue weighted by molar-refractivity contribution is 5.73. The molecular formula is C8H11F3O4. The Morgan fingerprint density at radius 1 is 1.47 bits per heavy atom. The van der Waals surface area contributed by atoms with Crippen LogP contribution in [0.1, 0.15) is 0 Å². The fourth-order valence-corrected chi connectivity index (χ4v) is 0.697. The van der Waals surface area contributed by atoms with Gasteiger partial charge in [-0.3, -0.25) is 0 Å². The van der Waals surface area contributed by atoms with Crippen LogP contribution >= 0.6 is 0 Å². The Labute approximate surface area is 84.3 Å². The maximum absolute atomic E-state index is 12.0. The lowest BCUT2D eigenvalue weighted by atomic mass is 10.3. The van der Waals surface area contributed by atoms with Crippen LogP contribution in [0.15, 0.2) is 12.7 Å². The van der Waals surface area contributed by atoms with Gasteiger partial charge in [-0.25, -0.2) is 4.79 Å². The predicted molar refractivity (Wildman–Crippen MR) is 44.4 cm³/mol. The summed E-state index contributed by atoms with van der Waals surface area (Å²) in [5, 5.41) is 8.21. The number of carboxylic acid groups (broad SMARTS) is 1. The van der Waals surface area contributed by atoms with Crippen molar-refractivity contribution in [3.63, 3.8) is 0 Å². The van der Waals surface area contributed by atoms with Crippen molar-refractivity contribution in [1.82, 2.24) is 0 Å². The molecule has 0 amide bonds. The number of carboxylic acids is 1. The van der Waals surface area contributed by atoms with E-state index in [2.05, 4.69) is 11.3 Å². The van der Waals surface area contributed by atoms with Gasteiger partial charge < -0.3 is 14.6 Å². The smallest absolute Gasteiger partial charge is 0.425 e. The summed E-state index contributed by atoms with van der Waals surface area (Å²) in [7, 11) is 0. The average molecular weight is 228 g/mol. The van der Waals surface area contributed by atoms with E-state index in [0.29, 0.717) is 0 Å². The molecule has 1 N–H and O–H groups in total. The van der Waals surface area contributed by atoms with Crippen molar-refractivity contribution in [2.75, 3.05) is 19.8 Å². The lowest BCUT2D eigenvalue weighted by molar-refractivity contribution is -0.228. The molecule has 4 nitrogen and oxygen atoms in total. The minimum Gasteiger partial charge on any atom is -0.479 e. The molecule has 0 radical (unpaired) electrons. The van der Waals surface area contributed by atoms with Crippen molar-refractivity contribution in [1.29, 1.82) is 0 Å². The predicted octanol–water partition coefficient (Wildman–Crippen LogP) is 1.22. The van der Waals surface area contributed by atoms with Gasteiger partial charge in [0.25, 0.3) is 6.10 Å². The SMILES string of the molecule is C=CCOCCOC(C(=O)O)C(F)(F)F. The van der Waals surface area contributed by atoms with Gasteiger partial charge in [0.15, 0.2) is 0 Å². The number of halogens is 3. The average Bonchev–Trinajstić information content (AvgIpc) is 2.08. The monoisotopic (exact) mass is 228 g/mol. The Hall–Kier alpha value is -1.08. The van der Waals surface area contributed by atoms with Crippen LogP contribution in [-0.4, -0.2) is 43.2 Å². The van der Waals surface area contributed by atoms with Crippen LogP contribution in [-0.2, 0) is 14.3 Å². The maximum atomic E-state index is 12.0. The second-order valence-corrected chi connectivity index (χ2v) is 2.49. The summed E-state index contributed by atoms with van der Waals surface area (Å²) in [5.74, 6) is -2.06. The van der Waals surface area contributed by atoms with Crippen LogP contribution < -0.4 is 0 Å². The zero-order valence-corrected chi connectivity index (χ0v) is 7.79. The molecular weight excluding hydrogens is 217 g/mol. The van der Waals surface area contributed by atoms with Crippen LogP contribution in [0.25, 0.3) is 0 Å². The molecule has 0 aliphatic rings. The van der Waals surface area contributed by atoms with Crippen molar-refractivity contribution >= 4 is 5.97 Å². The number of rotatable bonds is 7. The Kier molecular flexibility index (Phi) is 5.95. The molecule has 0 fully saturated rings. The zero-order valence-electron chi connectivity index (χ0n) is 7.79. The van der Waals surface area contributed by atoms with Crippen molar-refractivity contribution in [3.8, 4) is 0 Å². The Balaban J connectivity index is 3.88. The van der Waals surface area contributed by atoms with E-state index in [0.717, 1.165) is 0 Å². The number of aliphatic carboxylic acids is 1. The summed E-state index contributed by atoms with van der Waals surface area (Å²) in [6.07, 6.45) is -6.30. The Bertz CT molecular complexity index is 214. The van der Waals surface area contributed by atoms with E-state index in [-0.39, 0.29) is 13.2 Å². The molecule has 0 saturated carbocycles. The molecule has 0 aliphatic heterocycles. The quantitative estimate of drug-likeness (QED) is 0.525. The van der Waals surface area contributed by atoms with E-state index < -0.39 is 24.9 Å². The fourth-order valence-electron chi connectivity index (χ4n) is 0.697. The number of carbonyl (C=O) groups is 1. The summed E-state index contributed by atoms with van der Waals surface area (Å²) in [6.45, 7) is 2.94. The second-order valence-electron chi connectivity index (χ2n) is 2.49.